The molecule has 0 fully saturated rings. The number of aryl methyl sites for hydroxylation is 1. The van der Waals surface area contributed by atoms with Gasteiger partial charge in [-0.3, -0.25) is 4.68 Å². The maximum atomic E-state index is 6.18. The first-order valence-corrected chi connectivity index (χ1v) is 6.96. The molecule has 1 aromatic heterocycles. The Bertz CT molecular complexity index is 501. The van der Waals surface area contributed by atoms with Crippen LogP contribution in [0.5, 0.6) is 0 Å². The summed E-state index contributed by atoms with van der Waals surface area (Å²) in [6, 6.07) is 8.65. The number of nitrogens with two attached hydrogens (primary N) is 1. The molecule has 0 aliphatic carbocycles. The second-order valence-corrected chi connectivity index (χ2v) is 4.89. The van der Waals surface area contributed by atoms with Gasteiger partial charge in [-0.05, 0) is 19.4 Å². The third kappa shape index (κ3) is 2.72. The third-order valence-electron chi connectivity index (χ3n) is 3.42. The maximum absolute atomic E-state index is 6.18. The molecule has 1 heterocycles. The second kappa shape index (κ2) is 6.01. The predicted octanol–water partition coefficient (Wildman–Crippen LogP) is 3.12. The number of hydrogen-bond acceptors (Lipinski definition) is 2. The number of aromatic nitrogens is 2. The van der Waals surface area contributed by atoms with E-state index < -0.39 is 0 Å². The molecule has 0 aliphatic heterocycles. The monoisotopic (exact) mass is 245 g/mol. The summed E-state index contributed by atoms with van der Waals surface area (Å²) in [5.41, 5.74) is 8.55. The molecule has 3 heteroatoms. The fourth-order valence-corrected chi connectivity index (χ4v) is 2.40. The molecule has 1 unspecified atom stereocenters. The Morgan fingerprint density at radius 3 is 2.78 bits per heavy atom. The molecule has 18 heavy (non-hydrogen) atoms. The topological polar surface area (TPSA) is 43.8 Å². The lowest BCUT2D eigenvalue weighted by Gasteiger charge is -2.08. The Balaban J connectivity index is 2.22. The molecule has 0 aliphatic rings. The Morgan fingerprint density at radius 2 is 2.06 bits per heavy atom. The van der Waals surface area contributed by atoms with E-state index in [0.717, 1.165) is 25.1 Å². The van der Waals surface area contributed by atoms with Gasteiger partial charge in [0.2, 0.25) is 0 Å². The minimum atomic E-state index is 0.230. The zero-order chi connectivity index (χ0) is 13.0. The van der Waals surface area contributed by atoms with Crippen LogP contribution in [0.25, 0.3) is 10.9 Å². The SMILES string of the molecule is CCCCC(N)Cc1nn(CC)c2ccccc12. The summed E-state index contributed by atoms with van der Waals surface area (Å²) in [5, 5.41) is 5.95. The summed E-state index contributed by atoms with van der Waals surface area (Å²) in [6.45, 7) is 5.23. The minimum Gasteiger partial charge on any atom is -0.327 e. The van der Waals surface area contributed by atoms with Crippen LogP contribution in [-0.2, 0) is 13.0 Å². The zero-order valence-electron chi connectivity index (χ0n) is 11.4. The van der Waals surface area contributed by atoms with Crippen molar-refractivity contribution >= 4 is 10.9 Å². The van der Waals surface area contributed by atoms with Crippen molar-refractivity contribution in [2.24, 2.45) is 5.73 Å². The molecular weight excluding hydrogens is 222 g/mol. The highest BCUT2D eigenvalue weighted by molar-refractivity contribution is 5.82. The molecule has 0 bridgehead atoms. The zero-order valence-corrected chi connectivity index (χ0v) is 11.4. The molecule has 2 rings (SSSR count). The van der Waals surface area contributed by atoms with Gasteiger partial charge in [0.15, 0.2) is 0 Å². The number of rotatable bonds is 6. The van der Waals surface area contributed by atoms with Crippen molar-refractivity contribution in [2.45, 2.75) is 52.1 Å². The van der Waals surface area contributed by atoms with Gasteiger partial charge < -0.3 is 5.73 Å². The Labute approximate surface area is 109 Å². The molecule has 0 saturated heterocycles. The number of hydrogen-bond donors (Lipinski definition) is 1. The summed E-state index contributed by atoms with van der Waals surface area (Å²) in [5.74, 6) is 0. The van der Waals surface area contributed by atoms with E-state index in [9.17, 15) is 0 Å². The lowest BCUT2D eigenvalue weighted by atomic mass is 10.0. The Kier molecular flexibility index (Phi) is 4.37. The van der Waals surface area contributed by atoms with E-state index in [2.05, 4.69) is 42.8 Å². The van der Waals surface area contributed by atoms with Crippen LogP contribution >= 0.6 is 0 Å². The van der Waals surface area contributed by atoms with Gasteiger partial charge >= 0.3 is 0 Å². The van der Waals surface area contributed by atoms with Crippen molar-refractivity contribution in [1.82, 2.24) is 9.78 Å². The molecule has 0 saturated carbocycles. The summed E-state index contributed by atoms with van der Waals surface area (Å²) in [4.78, 5) is 0. The summed E-state index contributed by atoms with van der Waals surface area (Å²) in [7, 11) is 0. The van der Waals surface area contributed by atoms with Crippen LogP contribution in [0.15, 0.2) is 24.3 Å². The summed E-state index contributed by atoms with van der Waals surface area (Å²) >= 11 is 0. The van der Waals surface area contributed by atoms with Crippen molar-refractivity contribution in [1.29, 1.82) is 0 Å². The van der Waals surface area contributed by atoms with Gasteiger partial charge in [-0.2, -0.15) is 5.10 Å². The highest BCUT2D eigenvalue weighted by Gasteiger charge is 2.12. The number of nitrogens with zero attached hydrogens (tertiary/aromatic N) is 2. The molecule has 2 N–H and O–H groups in total. The van der Waals surface area contributed by atoms with E-state index in [4.69, 9.17) is 10.8 Å². The van der Waals surface area contributed by atoms with Gasteiger partial charge in [0.05, 0.1) is 11.2 Å². The van der Waals surface area contributed by atoms with Gasteiger partial charge in [-0.1, -0.05) is 38.0 Å². The number of fused-ring (bicyclic) bond motifs is 1. The van der Waals surface area contributed by atoms with E-state index in [-0.39, 0.29) is 6.04 Å². The van der Waals surface area contributed by atoms with Crippen molar-refractivity contribution in [2.75, 3.05) is 0 Å². The van der Waals surface area contributed by atoms with Gasteiger partial charge in [-0.15, -0.1) is 0 Å². The van der Waals surface area contributed by atoms with Crippen LogP contribution < -0.4 is 5.73 Å². The summed E-state index contributed by atoms with van der Waals surface area (Å²) in [6.07, 6.45) is 4.38. The van der Waals surface area contributed by atoms with Crippen LogP contribution in [0.4, 0.5) is 0 Å². The van der Waals surface area contributed by atoms with Gasteiger partial charge in [0.1, 0.15) is 0 Å². The van der Waals surface area contributed by atoms with E-state index in [1.165, 1.54) is 23.7 Å². The second-order valence-electron chi connectivity index (χ2n) is 4.89. The third-order valence-corrected chi connectivity index (χ3v) is 3.42. The molecule has 1 aromatic carbocycles. The molecule has 1 atom stereocenters. The lowest BCUT2D eigenvalue weighted by Crippen LogP contribution is -2.23. The van der Waals surface area contributed by atoms with Crippen LogP contribution in [0.1, 0.15) is 38.8 Å². The van der Waals surface area contributed by atoms with E-state index in [1.54, 1.807) is 0 Å². The molecule has 2 aromatic rings. The van der Waals surface area contributed by atoms with Gasteiger partial charge in [0, 0.05) is 24.4 Å². The highest BCUT2D eigenvalue weighted by atomic mass is 15.3. The average molecular weight is 245 g/mol. The fraction of sp³-hybridized carbons (Fsp3) is 0.533. The first-order valence-electron chi connectivity index (χ1n) is 6.96. The van der Waals surface area contributed by atoms with Crippen molar-refractivity contribution in [3.63, 3.8) is 0 Å². The normalized spacial score (nSPS) is 13.1. The Hall–Kier alpha value is -1.35. The number of benzene rings is 1. The largest absolute Gasteiger partial charge is 0.327 e. The first-order chi connectivity index (χ1) is 8.76. The molecule has 0 radical (unpaired) electrons. The highest BCUT2D eigenvalue weighted by Crippen LogP contribution is 2.20. The van der Waals surface area contributed by atoms with Crippen LogP contribution in [-0.4, -0.2) is 15.8 Å². The van der Waals surface area contributed by atoms with Crippen LogP contribution in [0.3, 0.4) is 0 Å². The van der Waals surface area contributed by atoms with Crippen molar-refractivity contribution < 1.29 is 0 Å². The number of para-hydroxylation sites is 1. The van der Waals surface area contributed by atoms with Crippen molar-refractivity contribution in [3.05, 3.63) is 30.0 Å². The van der Waals surface area contributed by atoms with Gasteiger partial charge in [-0.25, -0.2) is 0 Å². The van der Waals surface area contributed by atoms with Gasteiger partial charge in [0.25, 0.3) is 0 Å². The molecular formula is C15H23N3. The maximum Gasteiger partial charge on any atom is 0.0718 e. The Morgan fingerprint density at radius 1 is 1.28 bits per heavy atom. The molecule has 0 amide bonds. The minimum absolute atomic E-state index is 0.230. The standard InChI is InChI=1S/C15H23N3/c1-3-5-8-12(16)11-14-13-9-6-7-10-15(13)18(4-2)17-14/h6-7,9-10,12H,3-5,8,11,16H2,1-2H3. The van der Waals surface area contributed by atoms with E-state index in [1.807, 2.05) is 0 Å². The average Bonchev–Trinajstić information content (AvgIpc) is 2.75. The molecule has 0 spiro atoms. The number of unbranched alkanes of at least 4 members (excludes halogenated alkanes) is 1. The fourth-order valence-electron chi connectivity index (χ4n) is 2.40. The molecule has 3 nitrogen and oxygen atoms in total. The first kappa shape index (κ1) is 13.1. The van der Waals surface area contributed by atoms with Crippen molar-refractivity contribution in [3.8, 4) is 0 Å². The van der Waals surface area contributed by atoms with E-state index >= 15 is 0 Å². The predicted molar refractivity (Wildman–Crippen MR) is 76.6 cm³/mol. The van der Waals surface area contributed by atoms with Crippen LogP contribution in [0.2, 0.25) is 0 Å². The van der Waals surface area contributed by atoms with E-state index in [0.29, 0.717) is 0 Å². The summed E-state index contributed by atoms with van der Waals surface area (Å²) < 4.78 is 2.07. The quantitative estimate of drug-likeness (QED) is 0.849. The lowest BCUT2D eigenvalue weighted by molar-refractivity contribution is 0.561. The molecule has 98 valence electrons. The van der Waals surface area contributed by atoms with Crippen LogP contribution in [0, 0.1) is 0 Å². The smallest absolute Gasteiger partial charge is 0.0718 e.